The summed E-state index contributed by atoms with van der Waals surface area (Å²) in [4.78, 5) is 9.56. The van der Waals surface area contributed by atoms with Gasteiger partial charge in [0, 0.05) is 6.61 Å². The van der Waals surface area contributed by atoms with Crippen LogP contribution in [0.3, 0.4) is 0 Å². The van der Waals surface area contributed by atoms with Crippen molar-refractivity contribution in [1.82, 2.24) is 0 Å². The van der Waals surface area contributed by atoms with Gasteiger partial charge in [-0.2, -0.15) is 0 Å². The van der Waals surface area contributed by atoms with Gasteiger partial charge in [0.05, 0.1) is 0 Å². The molecule has 0 fully saturated rings. The molecule has 0 atom stereocenters. The molecule has 0 aliphatic rings. The van der Waals surface area contributed by atoms with E-state index in [0.717, 1.165) is 0 Å². The average molecular weight is 148 g/mol. The first kappa shape index (κ1) is 12.3. The van der Waals surface area contributed by atoms with Crippen LogP contribution in [0.25, 0.3) is 0 Å². The van der Waals surface area contributed by atoms with Gasteiger partial charge >= 0.3 is 0 Å². The van der Waals surface area contributed by atoms with Gasteiger partial charge in [0.2, 0.25) is 0 Å². The number of hydrogen-bond acceptors (Lipinski definition) is 3. The van der Waals surface area contributed by atoms with E-state index in [-0.39, 0.29) is 12.4 Å². The molecule has 0 saturated carbocycles. The van der Waals surface area contributed by atoms with Crippen LogP contribution in [0.15, 0.2) is 0 Å². The summed E-state index contributed by atoms with van der Waals surface area (Å²) in [5.74, 6) is 0.250. The minimum atomic E-state index is -0.333. The topological polar surface area (TPSA) is 57.5 Å². The van der Waals surface area contributed by atoms with Crippen LogP contribution in [-0.4, -0.2) is 29.2 Å². The third-order valence-corrected chi connectivity index (χ3v) is 0.588. The lowest BCUT2D eigenvalue weighted by Gasteiger charge is -1.90. The largest absolute Gasteiger partial charge is 0.396 e. The van der Waals surface area contributed by atoms with Gasteiger partial charge in [0.1, 0.15) is 6.61 Å². The average Bonchev–Trinajstić information content (AvgIpc) is 1.89. The highest BCUT2D eigenvalue weighted by atomic mass is 16.3. The summed E-state index contributed by atoms with van der Waals surface area (Å²) in [6, 6.07) is 0. The molecule has 10 heavy (non-hydrogen) atoms. The van der Waals surface area contributed by atoms with Crippen molar-refractivity contribution in [2.75, 3.05) is 13.2 Å². The monoisotopic (exact) mass is 148 g/mol. The van der Waals surface area contributed by atoms with Crippen LogP contribution in [0.2, 0.25) is 0 Å². The number of rotatable bonds is 2. The van der Waals surface area contributed by atoms with Gasteiger partial charge < -0.3 is 10.2 Å². The van der Waals surface area contributed by atoms with Gasteiger partial charge in [0.15, 0.2) is 5.78 Å². The Morgan fingerprint density at radius 3 is 1.60 bits per heavy atom. The fourth-order valence-corrected chi connectivity index (χ4v) is 0. The smallest absolute Gasteiger partial charge is 0.155 e. The van der Waals surface area contributed by atoms with Gasteiger partial charge in [-0.05, 0) is 12.8 Å². The summed E-state index contributed by atoms with van der Waals surface area (Å²) >= 11 is 0. The maximum atomic E-state index is 9.56. The first-order valence-electron chi connectivity index (χ1n) is 3.25. The molecule has 0 aliphatic heterocycles. The Kier molecular flexibility index (Phi) is 10.6. The first-order valence-corrected chi connectivity index (χ1v) is 3.25. The highest BCUT2D eigenvalue weighted by Crippen LogP contribution is 1.83. The molecular formula is C7H16O3. The zero-order chi connectivity index (χ0) is 8.57. The fraction of sp³-hybridized carbons (Fsp3) is 0.857. The predicted octanol–water partition coefficient (Wildman–Crippen LogP) is 0.202. The van der Waals surface area contributed by atoms with E-state index in [2.05, 4.69) is 0 Å². The molecule has 62 valence electrons. The van der Waals surface area contributed by atoms with Crippen molar-refractivity contribution >= 4 is 5.78 Å². The molecule has 0 rings (SSSR count). The van der Waals surface area contributed by atoms with E-state index in [1.807, 2.05) is 13.8 Å². The lowest BCUT2D eigenvalue weighted by atomic mass is 10.2. The van der Waals surface area contributed by atoms with E-state index in [1.165, 1.54) is 6.92 Å². The Balaban J connectivity index is 0. The lowest BCUT2D eigenvalue weighted by Crippen LogP contribution is -1.93. The molecule has 0 unspecified atom stereocenters. The minimum absolute atomic E-state index is 0.190. The molecular weight excluding hydrogens is 132 g/mol. The summed E-state index contributed by atoms with van der Waals surface area (Å²) in [5.41, 5.74) is 0. The Morgan fingerprint density at radius 1 is 1.40 bits per heavy atom. The molecule has 0 aliphatic carbocycles. The van der Waals surface area contributed by atoms with Gasteiger partial charge in [0.25, 0.3) is 0 Å². The van der Waals surface area contributed by atoms with E-state index >= 15 is 0 Å². The van der Waals surface area contributed by atoms with E-state index in [4.69, 9.17) is 10.2 Å². The summed E-state index contributed by atoms with van der Waals surface area (Å²) in [6.45, 7) is 5.25. The molecule has 3 heteroatoms. The summed E-state index contributed by atoms with van der Waals surface area (Å²) in [5, 5.41) is 15.9. The van der Waals surface area contributed by atoms with Crippen molar-refractivity contribution in [3.05, 3.63) is 0 Å². The molecule has 0 radical (unpaired) electrons. The van der Waals surface area contributed by atoms with Crippen molar-refractivity contribution < 1.29 is 15.0 Å². The van der Waals surface area contributed by atoms with E-state index < -0.39 is 0 Å². The Morgan fingerprint density at radius 2 is 1.60 bits per heavy atom. The maximum Gasteiger partial charge on any atom is 0.155 e. The minimum Gasteiger partial charge on any atom is -0.396 e. The van der Waals surface area contributed by atoms with Gasteiger partial charge in [-0.15, -0.1) is 0 Å². The van der Waals surface area contributed by atoms with Crippen molar-refractivity contribution in [1.29, 1.82) is 0 Å². The predicted molar refractivity (Wildman–Crippen MR) is 39.7 cm³/mol. The van der Waals surface area contributed by atoms with Crippen LogP contribution < -0.4 is 0 Å². The molecule has 0 amide bonds. The molecule has 0 aromatic heterocycles. The summed E-state index contributed by atoms with van der Waals surface area (Å²) in [6.07, 6.45) is 0. The molecule has 2 N–H and O–H groups in total. The second kappa shape index (κ2) is 8.59. The highest BCUT2D eigenvalue weighted by Gasteiger charge is 1.81. The van der Waals surface area contributed by atoms with Crippen LogP contribution in [-0.2, 0) is 4.79 Å². The number of aliphatic hydroxyl groups is 2. The number of carbonyl (C=O) groups excluding carboxylic acids is 1. The van der Waals surface area contributed by atoms with Crippen LogP contribution in [0.4, 0.5) is 0 Å². The first-order chi connectivity index (χ1) is 4.54. The standard InChI is InChI=1S/C4H10O.C3H6O2/c1-4(2)3-5;1-3(5)2-4/h4-5H,3H2,1-2H3;4H,2H2,1H3. The Labute approximate surface area is 61.7 Å². The van der Waals surface area contributed by atoms with Gasteiger partial charge in [-0.3, -0.25) is 4.79 Å². The van der Waals surface area contributed by atoms with E-state index in [0.29, 0.717) is 12.5 Å². The molecule has 0 saturated heterocycles. The fourth-order valence-electron chi connectivity index (χ4n) is 0. The summed E-state index contributed by atoms with van der Waals surface area (Å²) in [7, 11) is 0. The lowest BCUT2D eigenvalue weighted by molar-refractivity contribution is -0.119. The van der Waals surface area contributed by atoms with Crippen LogP contribution in [0.5, 0.6) is 0 Å². The Hall–Kier alpha value is -0.410. The molecule has 0 heterocycles. The van der Waals surface area contributed by atoms with Crippen LogP contribution in [0.1, 0.15) is 20.8 Å². The van der Waals surface area contributed by atoms with E-state index in [1.54, 1.807) is 0 Å². The second-order valence-electron chi connectivity index (χ2n) is 2.44. The zero-order valence-corrected chi connectivity index (χ0v) is 6.79. The zero-order valence-electron chi connectivity index (χ0n) is 6.79. The highest BCUT2D eigenvalue weighted by molar-refractivity contribution is 5.76. The van der Waals surface area contributed by atoms with E-state index in [9.17, 15) is 4.79 Å². The third-order valence-electron chi connectivity index (χ3n) is 0.588. The van der Waals surface area contributed by atoms with Crippen LogP contribution >= 0.6 is 0 Å². The van der Waals surface area contributed by atoms with Crippen molar-refractivity contribution in [3.63, 3.8) is 0 Å². The van der Waals surface area contributed by atoms with Crippen molar-refractivity contribution in [2.45, 2.75) is 20.8 Å². The normalized spacial score (nSPS) is 8.60. The number of aliphatic hydroxyl groups excluding tert-OH is 2. The van der Waals surface area contributed by atoms with Gasteiger partial charge in [-0.25, -0.2) is 0 Å². The SMILES string of the molecule is CC(=O)CO.CC(C)CO. The maximum absolute atomic E-state index is 9.56. The van der Waals surface area contributed by atoms with Gasteiger partial charge in [-0.1, -0.05) is 13.8 Å². The van der Waals surface area contributed by atoms with Crippen molar-refractivity contribution in [3.8, 4) is 0 Å². The molecule has 0 spiro atoms. The molecule has 0 aromatic carbocycles. The number of ketones is 1. The number of hydrogen-bond donors (Lipinski definition) is 2. The Bertz CT molecular complexity index is 78.9. The number of Topliss-reactive ketones (excluding diaryl/α,β-unsaturated/α-hetero) is 1. The second-order valence-corrected chi connectivity index (χ2v) is 2.44. The summed E-state index contributed by atoms with van der Waals surface area (Å²) < 4.78 is 0. The number of carbonyl (C=O) groups is 1. The van der Waals surface area contributed by atoms with Crippen molar-refractivity contribution in [2.24, 2.45) is 5.92 Å². The molecule has 0 bridgehead atoms. The molecule has 3 nitrogen and oxygen atoms in total. The van der Waals surface area contributed by atoms with Crippen LogP contribution in [0, 0.1) is 5.92 Å². The quantitative estimate of drug-likeness (QED) is 0.588. The molecule has 0 aromatic rings. The third kappa shape index (κ3) is 25.6.